The third kappa shape index (κ3) is 5.20. The summed E-state index contributed by atoms with van der Waals surface area (Å²) in [5.74, 6) is -1.00. The fourth-order valence-electron chi connectivity index (χ4n) is 11.8. The van der Waals surface area contributed by atoms with Crippen molar-refractivity contribution in [2.24, 2.45) is 50.2 Å². The first kappa shape index (κ1) is 38.0. The van der Waals surface area contributed by atoms with Gasteiger partial charge in [0.1, 0.15) is 12.2 Å². The Hall–Kier alpha value is -2.26. The largest absolute Gasteiger partial charge is 0.462 e. The van der Waals surface area contributed by atoms with Crippen LogP contribution in [0.2, 0.25) is 0 Å². The lowest BCUT2D eigenvalue weighted by Gasteiger charge is -2.72. The summed E-state index contributed by atoms with van der Waals surface area (Å²) in [6, 6.07) is 0. The Labute approximate surface area is 293 Å². The Morgan fingerprint density at radius 3 is 2.14 bits per heavy atom. The number of hydrogen-bond acceptors (Lipinski definition) is 8. The summed E-state index contributed by atoms with van der Waals surface area (Å²) in [5, 5.41) is 47.1. The summed E-state index contributed by atoms with van der Waals surface area (Å²) in [7, 11) is 0. The second-order valence-corrected chi connectivity index (χ2v) is 17.7. The van der Waals surface area contributed by atoms with E-state index in [2.05, 4.69) is 39.5 Å². The molecule has 0 saturated heterocycles. The Bertz CT molecular complexity index is 1440. The number of aliphatic hydroxyl groups excluding tert-OH is 4. The van der Waals surface area contributed by atoms with Gasteiger partial charge in [-0.25, -0.2) is 9.59 Å². The molecule has 5 aliphatic carbocycles. The molecule has 12 atom stereocenters. The summed E-state index contributed by atoms with van der Waals surface area (Å²) in [6.07, 6.45) is 8.69. The normalized spacial score (nSPS) is 46.2. The van der Waals surface area contributed by atoms with Gasteiger partial charge in [0.05, 0.1) is 30.8 Å². The van der Waals surface area contributed by atoms with Gasteiger partial charge < -0.3 is 29.9 Å². The topological polar surface area (TPSA) is 134 Å². The van der Waals surface area contributed by atoms with Gasteiger partial charge in [-0.3, -0.25) is 0 Å². The molecule has 4 fully saturated rings. The van der Waals surface area contributed by atoms with Gasteiger partial charge in [0.15, 0.2) is 0 Å². The van der Waals surface area contributed by atoms with Crippen molar-refractivity contribution >= 4 is 11.9 Å². The molecular weight excluding hydrogens is 620 g/mol. The molecule has 5 rings (SSSR count). The Balaban J connectivity index is 1.56. The average molecular weight is 683 g/mol. The smallest absolute Gasteiger partial charge is 0.333 e. The third-order valence-electron chi connectivity index (χ3n) is 15.4. The SMILES string of the molecule is C=C[C@]12CC[C@H](O)[C@](C)(COC(=O)/C(C)=C/C)C1CC[C@]1(C)C2CC=C2C3CC(C)(C)[C@@H](OC(=O)/C(C)=C/C)[C@H](O)[C@]3(CO)[C@H](O)C[C@]21C. The van der Waals surface area contributed by atoms with E-state index in [-0.39, 0.29) is 41.2 Å². The van der Waals surface area contributed by atoms with E-state index in [4.69, 9.17) is 9.47 Å². The second kappa shape index (κ2) is 12.8. The van der Waals surface area contributed by atoms with Crippen LogP contribution in [0.4, 0.5) is 0 Å². The van der Waals surface area contributed by atoms with Crippen molar-refractivity contribution < 1.29 is 39.5 Å². The van der Waals surface area contributed by atoms with Gasteiger partial charge in [-0.15, -0.1) is 6.58 Å². The minimum Gasteiger partial charge on any atom is -0.462 e. The van der Waals surface area contributed by atoms with E-state index in [1.807, 2.05) is 20.8 Å². The van der Waals surface area contributed by atoms with E-state index in [1.54, 1.807) is 32.9 Å². The number of ether oxygens (including phenoxy) is 2. The van der Waals surface area contributed by atoms with Crippen LogP contribution in [0.5, 0.6) is 0 Å². The van der Waals surface area contributed by atoms with Crippen molar-refractivity contribution in [3.8, 4) is 0 Å². The molecule has 0 aromatic carbocycles. The highest BCUT2D eigenvalue weighted by atomic mass is 16.6. The van der Waals surface area contributed by atoms with E-state index >= 15 is 0 Å². The summed E-state index contributed by atoms with van der Waals surface area (Å²) in [4.78, 5) is 25.7. The molecule has 4 saturated carbocycles. The van der Waals surface area contributed by atoms with Gasteiger partial charge in [-0.05, 0) is 107 Å². The zero-order valence-corrected chi connectivity index (χ0v) is 31.3. The second-order valence-electron chi connectivity index (χ2n) is 17.7. The standard InChI is InChI=1S/C41H62O8/c1-11-24(4)34(46)48-23-37(8)28-16-18-38(9)29(40(28,13-3)19-17-30(37)43)15-14-26-27-20-36(6,7)33(49-35(47)25(5)12-2)32(45)41(27,22-42)31(44)21-39(26,38)10/h11-14,27-33,42-45H,3,15-23H2,1-2,4-10H3/b24-11+,25-12+/t27?,28?,29?,30-,31+,32-,33-,37+,38+,39+,40-,41-/m0/s1. The Morgan fingerprint density at radius 1 is 0.918 bits per heavy atom. The van der Waals surface area contributed by atoms with Crippen LogP contribution in [-0.2, 0) is 19.1 Å². The maximum absolute atomic E-state index is 13.0. The fourth-order valence-corrected chi connectivity index (χ4v) is 11.8. The van der Waals surface area contributed by atoms with E-state index in [1.165, 1.54) is 5.57 Å². The first-order valence-electron chi connectivity index (χ1n) is 18.4. The first-order chi connectivity index (χ1) is 22.8. The average Bonchev–Trinajstić information content (AvgIpc) is 3.06. The van der Waals surface area contributed by atoms with Crippen LogP contribution >= 0.6 is 0 Å². The molecule has 0 aromatic heterocycles. The van der Waals surface area contributed by atoms with Gasteiger partial charge >= 0.3 is 11.9 Å². The molecule has 49 heavy (non-hydrogen) atoms. The zero-order chi connectivity index (χ0) is 36.5. The summed E-state index contributed by atoms with van der Waals surface area (Å²) in [6.45, 7) is 21.8. The van der Waals surface area contributed by atoms with Gasteiger partial charge in [0.2, 0.25) is 0 Å². The van der Waals surface area contributed by atoms with Crippen molar-refractivity contribution in [3.05, 3.63) is 47.6 Å². The summed E-state index contributed by atoms with van der Waals surface area (Å²) >= 11 is 0. The third-order valence-corrected chi connectivity index (χ3v) is 15.4. The molecular formula is C41H62O8. The maximum atomic E-state index is 13.0. The number of rotatable bonds is 7. The zero-order valence-electron chi connectivity index (χ0n) is 31.3. The van der Waals surface area contributed by atoms with E-state index < -0.39 is 58.7 Å². The molecule has 0 radical (unpaired) electrons. The van der Waals surface area contributed by atoms with Gasteiger partial charge in [-0.2, -0.15) is 0 Å². The lowest BCUT2D eigenvalue weighted by Crippen LogP contribution is -2.72. The van der Waals surface area contributed by atoms with E-state index in [9.17, 15) is 30.0 Å². The van der Waals surface area contributed by atoms with Crippen LogP contribution in [0.15, 0.2) is 47.6 Å². The lowest BCUT2D eigenvalue weighted by molar-refractivity contribution is -0.260. The predicted octanol–water partition coefficient (Wildman–Crippen LogP) is 6.23. The number of fused-ring (bicyclic) bond motifs is 7. The molecule has 3 unspecified atom stereocenters. The van der Waals surface area contributed by atoms with E-state index in [0.29, 0.717) is 30.4 Å². The van der Waals surface area contributed by atoms with Gasteiger partial charge in [0.25, 0.3) is 0 Å². The van der Waals surface area contributed by atoms with E-state index in [0.717, 1.165) is 25.7 Å². The number of esters is 2. The quantitative estimate of drug-likeness (QED) is 0.141. The van der Waals surface area contributed by atoms with Crippen molar-refractivity contribution in [2.45, 2.75) is 132 Å². The van der Waals surface area contributed by atoms with Gasteiger partial charge in [0, 0.05) is 22.0 Å². The highest BCUT2D eigenvalue weighted by Crippen LogP contribution is 2.76. The number of hydrogen-bond donors (Lipinski definition) is 4. The van der Waals surface area contributed by atoms with Crippen LogP contribution in [-0.4, -0.2) is 70.0 Å². The first-order valence-corrected chi connectivity index (χ1v) is 18.4. The molecule has 8 nitrogen and oxygen atoms in total. The van der Waals surface area contributed by atoms with Crippen LogP contribution in [0.25, 0.3) is 0 Å². The number of allylic oxidation sites excluding steroid dienone is 5. The summed E-state index contributed by atoms with van der Waals surface area (Å²) < 4.78 is 11.8. The molecule has 4 N–H and O–H groups in total. The number of carbonyl (C=O) groups is 2. The Morgan fingerprint density at radius 2 is 1.55 bits per heavy atom. The lowest BCUT2D eigenvalue weighted by atomic mass is 9.32. The van der Waals surface area contributed by atoms with Crippen molar-refractivity contribution in [3.63, 3.8) is 0 Å². The molecule has 0 spiro atoms. The van der Waals surface area contributed by atoms with Gasteiger partial charge in [-0.1, -0.05) is 64.5 Å². The minimum absolute atomic E-state index is 0.0353. The molecule has 0 aliphatic heterocycles. The number of aliphatic hydroxyl groups is 4. The monoisotopic (exact) mass is 682 g/mol. The van der Waals surface area contributed by atoms with Crippen molar-refractivity contribution in [2.75, 3.05) is 13.2 Å². The molecule has 274 valence electrons. The highest BCUT2D eigenvalue weighted by Gasteiger charge is 2.73. The molecule has 0 aromatic rings. The highest BCUT2D eigenvalue weighted by molar-refractivity contribution is 5.88. The molecule has 0 bridgehead atoms. The predicted molar refractivity (Wildman–Crippen MR) is 189 cm³/mol. The summed E-state index contributed by atoms with van der Waals surface area (Å²) in [5.41, 5.74) is -1.47. The molecule has 0 heterocycles. The minimum atomic E-state index is -1.28. The fraction of sp³-hybridized carbons (Fsp3) is 0.756. The van der Waals surface area contributed by atoms with Crippen molar-refractivity contribution in [1.29, 1.82) is 0 Å². The van der Waals surface area contributed by atoms with Crippen LogP contribution < -0.4 is 0 Å². The van der Waals surface area contributed by atoms with Crippen LogP contribution in [0.3, 0.4) is 0 Å². The molecule has 8 heteroatoms. The number of carbonyl (C=O) groups excluding carboxylic acids is 2. The maximum Gasteiger partial charge on any atom is 0.333 e. The molecule has 5 aliphatic rings. The Kier molecular flexibility index (Phi) is 9.88. The van der Waals surface area contributed by atoms with Crippen LogP contribution in [0.1, 0.15) is 107 Å². The molecule has 0 amide bonds. The van der Waals surface area contributed by atoms with Crippen molar-refractivity contribution in [1.82, 2.24) is 0 Å². The van der Waals surface area contributed by atoms with Crippen LogP contribution in [0, 0.1) is 50.2 Å².